The molecule has 1 aromatic rings. The van der Waals surface area contributed by atoms with Gasteiger partial charge >= 0.3 is 6.18 Å². The molecule has 116 valence electrons. The lowest BCUT2D eigenvalue weighted by Crippen LogP contribution is -2.47. The van der Waals surface area contributed by atoms with Crippen LogP contribution in [0.5, 0.6) is 5.75 Å². The summed E-state index contributed by atoms with van der Waals surface area (Å²) in [7, 11) is 0. The lowest BCUT2D eigenvalue weighted by atomic mass is 9.73. The normalized spacial score (nSPS) is 32.6. The van der Waals surface area contributed by atoms with Crippen molar-refractivity contribution in [2.24, 2.45) is 11.7 Å². The first kappa shape index (κ1) is 14.6. The molecule has 0 bridgehead atoms. The Morgan fingerprint density at radius 2 is 1.86 bits per heavy atom. The maximum absolute atomic E-state index is 13.3. The van der Waals surface area contributed by atoms with E-state index in [0.717, 1.165) is 5.56 Å². The average molecular weight is 303 g/mol. The molecule has 1 aromatic carbocycles. The molecule has 0 amide bonds. The topological polar surface area (TPSA) is 35.2 Å². The number of rotatable bonds is 0. The number of alkyl halides is 3. The lowest BCUT2D eigenvalue weighted by molar-refractivity contribution is -0.191. The van der Waals surface area contributed by atoms with Gasteiger partial charge in [-0.3, -0.25) is 0 Å². The summed E-state index contributed by atoms with van der Waals surface area (Å²) >= 11 is 0. The van der Waals surface area contributed by atoms with E-state index in [1.54, 1.807) is 6.07 Å². The third-order valence-corrected chi connectivity index (χ3v) is 4.65. The zero-order chi connectivity index (χ0) is 15.3. The van der Waals surface area contributed by atoms with Gasteiger partial charge in [0.2, 0.25) is 0 Å². The van der Waals surface area contributed by atoms with E-state index in [9.17, 15) is 17.6 Å². The van der Waals surface area contributed by atoms with E-state index >= 15 is 0 Å². The molecule has 3 rings (SSSR count). The molecule has 1 aliphatic heterocycles. The van der Waals surface area contributed by atoms with Crippen LogP contribution >= 0.6 is 0 Å². The van der Waals surface area contributed by atoms with Crippen LogP contribution < -0.4 is 10.5 Å². The van der Waals surface area contributed by atoms with Crippen LogP contribution in [0, 0.1) is 11.7 Å². The van der Waals surface area contributed by atoms with Gasteiger partial charge in [-0.25, -0.2) is 4.39 Å². The highest BCUT2D eigenvalue weighted by molar-refractivity contribution is 5.39. The van der Waals surface area contributed by atoms with Crippen LogP contribution in [0.3, 0.4) is 0 Å². The molecule has 1 heterocycles. The van der Waals surface area contributed by atoms with Gasteiger partial charge in [0.15, 0.2) is 0 Å². The van der Waals surface area contributed by atoms with Gasteiger partial charge in [0.05, 0.1) is 5.92 Å². The summed E-state index contributed by atoms with van der Waals surface area (Å²) in [5.41, 5.74) is 6.14. The van der Waals surface area contributed by atoms with Gasteiger partial charge < -0.3 is 10.5 Å². The van der Waals surface area contributed by atoms with Crippen molar-refractivity contribution in [1.29, 1.82) is 0 Å². The highest BCUT2D eigenvalue weighted by atomic mass is 19.4. The number of hydrogen-bond donors (Lipinski definition) is 1. The molecule has 1 spiro atoms. The van der Waals surface area contributed by atoms with Gasteiger partial charge in [0.1, 0.15) is 17.2 Å². The second-order valence-corrected chi connectivity index (χ2v) is 6.09. The molecule has 1 saturated carbocycles. The Labute approximate surface area is 120 Å². The summed E-state index contributed by atoms with van der Waals surface area (Å²) in [6.45, 7) is 0. The average Bonchev–Trinajstić information content (AvgIpc) is 2.37. The van der Waals surface area contributed by atoms with Crippen molar-refractivity contribution in [3.63, 3.8) is 0 Å². The van der Waals surface area contributed by atoms with Crippen LogP contribution in [-0.2, 0) is 0 Å². The van der Waals surface area contributed by atoms with E-state index in [1.807, 2.05) is 0 Å². The van der Waals surface area contributed by atoms with E-state index in [0.29, 0.717) is 25.0 Å². The number of benzene rings is 1. The van der Waals surface area contributed by atoms with Gasteiger partial charge in [-0.2, -0.15) is 13.2 Å². The maximum atomic E-state index is 13.3. The fraction of sp³-hybridized carbons (Fsp3) is 0.600. The molecule has 1 atom stereocenters. The molecule has 0 unspecified atom stereocenters. The van der Waals surface area contributed by atoms with E-state index in [-0.39, 0.29) is 18.9 Å². The summed E-state index contributed by atoms with van der Waals surface area (Å²) in [5.74, 6) is -1.32. The quantitative estimate of drug-likeness (QED) is 0.732. The molecule has 2 nitrogen and oxygen atoms in total. The van der Waals surface area contributed by atoms with Gasteiger partial charge in [0, 0.05) is 24.1 Å². The molecular weight excluding hydrogens is 286 g/mol. The Bertz CT molecular complexity index is 535. The Hall–Kier alpha value is -1.30. The fourth-order valence-corrected chi connectivity index (χ4v) is 3.47. The summed E-state index contributed by atoms with van der Waals surface area (Å²) < 4.78 is 57.5. The SMILES string of the molecule is N[C@H]1CC2(CCC(C(F)(F)F)CC2)Oc2cc(F)ccc21. The van der Waals surface area contributed by atoms with E-state index in [2.05, 4.69) is 0 Å². The second kappa shape index (κ2) is 4.87. The highest BCUT2D eigenvalue weighted by Crippen LogP contribution is 2.49. The third-order valence-electron chi connectivity index (χ3n) is 4.65. The van der Waals surface area contributed by atoms with Gasteiger partial charge in [-0.1, -0.05) is 6.07 Å². The summed E-state index contributed by atoms with van der Waals surface area (Å²) in [4.78, 5) is 0. The minimum Gasteiger partial charge on any atom is -0.487 e. The summed E-state index contributed by atoms with van der Waals surface area (Å²) in [6, 6.07) is 3.85. The van der Waals surface area contributed by atoms with Crippen molar-refractivity contribution in [1.82, 2.24) is 0 Å². The minimum absolute atomic E-state index is 0.0425. The monoisotopic (exact) mass is 303 g/mol. The van der Waals surface area contributed by atoms with Crippen molar-refractivity contribution in [3.8, 4) is 5.75 Å². The zero-order valence-corrected chi connectivity index (χ0v) is 11.4. The van der Waals surface area contributed by atoms with Crippen LogP contribution in [0.1, 0.15) is 43.7 Å². The summed E-state index contributed by atoms with van der Waals surface area (Å²) in [5, 5.41) is 0. The summed E-state index contributed by atoms with van der Waals surface area (Å²) in [6.07, 6.45) is -2.97. The molecule has 0 radical (unpaired) electrons. The molecular formula is C15H17F4NO. The molecule has 0 aromatic heterocycles. The standard InChI is InChI=1S/C15H17F4NO/c16-10-1-2-11-12(20)8-14(21-13(11)7-10)5-3-9(4-6-14)15(17,18)19/h1-2,7,9,12H,3-6,8,20H2/t9?,12-,14?/m0/s1. The number of nitrogens with two attached hydrogens (primary N) is 1. The van der Waals surface area contributed by atoms with Crippen molar-refractivity contribution < 1.29 is 22.3 Å². The largest absolute Gasteiger partial charge is 0.487 e. The molecule has 2 N–H and O–H groups in total. The van der Waals surface area contributed by atoms with E-state index < -0.39 is 23.5 Å². The molecule has 1 fully saturated rings. The van der Waals surface area contributed by atoms with Crippen molar-refractivity contribution >= 4 is 0 Å². The first-order chi connectivity index (χ1) is 9.79. The predicted octanol–water partition coefficient (Wildman–Crippen LogP) is 4.10. The van der Waals surface area contributed by atoms with Gasteiger partial charge in [-0.05, 0) is 31.7 Å². The Balaban J connectivity index is 1.80. The van der Waals surface area contributed by atoms with E-state index in [4.69, 9.17) is 10.5 Å². The maximum Gasteiger partial charge on any atom is 0.391 e. The number of ether oxygens (including phenoxy) is 1. The lowest BCUT2D eigenvalue weighted by Gasteiger charge is -2.45. The first-order valence-electron chi connectivity index (χ1n) is 7.10. The molecule has 0 saturated heterocycles. The number of fused-ring (bicyclic) bond motifs is 1. The van der Waals surface area contributed by atoms with Crippen molar-refractivity contribution in [2.75, 3.05) is 0 Å². The Morgan fingerprint density at radius 3 is 2.48 bits per heavy atom. The van der Waals surface area contributed by atoms with Gasteiger partial charge in [0.25, 0.3) is 0 Å². The Morgan fingerprint density at radius 1 is 1.19 bits per heavy atom. The molecule has 2 aliphatic rings. The Kier molecular flexibility index (Phi) is 3.39. The zero-order valence-electron chi connectivity index (χ0n) is 11.4. The highest BCUT2D eigenvalue weighted by Gasteiger charge is 2.49. The van der Waals surface area contributed by atoms with Crippen LogP contribution in [0.4, 0.5) is 17.6 Å². The third kappa shape index (κ3) is 2.73. The fourth-order valence-electron chi connectivity index (χ4n) is 3.47. The van der Waals surface area contributed by atoms with Crippen molar-refractivity contribution in [3.05, 3.63) is 29.6 Å². The van der Waals surface area contributed by atoms with Crippen LogP contribution in [0.2, 0.25) is 0 Å². The van der Waals surface area contributed by atoms with Gasteiger partial charge in [-0.15, -0.1) is 0 Å². The molecule has 21 heavy (non-hydrogen) atoms. The van der Waals surface area contributed by atoms with Crippen molar-refractivity contribution in [2.45, 2.75) is 49.9 Å². The molecule has 6 heteroatoms. The van der Waals surface area contributed by atoms with Crippen LogP contribution in [0.25, 0.3) is 0 Å². The minimum atomic E-state index is -4.15. The smallest absolute Gasteiger partial charge is 0.391 e. The number of halogens is 4. The number of hydrogen-bond acceptors (Lipinski definition) is 2. The molecule has 1 aliphatic carbocycles. The van der Waals surface area contributed by atoms with E-state index in [1.165, 1.54) is 12.1 Å². The predicted molar refractivity (Wildman–Crippen MR) is 69.3 cm³/mol. The van der Waals surface area contributed by atoms with Crippen LogP contribution in [-0.4, -0.2) is 11.8 Å². The second-order valence-electron chi connectivity index (χ2n) is 6.09. The first-order valence-corrected chi connectivity index (χ1v) is 7.10. The van der Waals surface area contributed by atoms with Crippen LogP contribution in [0.15, 0.2) is 18.2 Å².